The zero-order chi connectivity index (χ0) is 17.5. The Morgan fingerprint density at radius 2 is 1.92 bits per heavy atom. The SMILES string of the molecule is O=C(CCc1nc(-c2ccccn2)cs1)NCCc1ccc(F)cc1. The van der Waals surface area contributed by atoms with E-state index in [1.807, 2.05) is 23.6 Å². The van der Waals surface area contributed by atoms with Crippen LogP contribution in [0.15, 0.2) is 54.0 Å². The summed E-state index contributed by atoms with van der Waals surface area (Å²) in [5, 5.41) is 5.77. The predicted molar refractivity (Wildman–Crippen MR) is 96.8 cm³/mol. The molecule has 6 heteroatoms. The van der Waals surface area contributed by atoms with Crippen LogP contribution in [0.2, 0.25) is 0 Å². The van der Waals surface area contributed by atoms with Gasteiger partial charge in [0, 0.05) is 31.0 Å². The lowest BCUT2D eigenvalue weighted by Crippen LogP contribution is -2.25. The Hall–Kier alpha value is -2.60. The molecule has 4 nitrogen and oxygen atoms in total. The van der Waals surface area contributed by atoms with Gasteiger partial charge in [0.25, 0.3) is 0 Å². The standard InChI is InChI=1S/C19H18FN3OS/c20-15-6-4-14(5-7-15)10-12-22-18(24)8-9-19-23-17(13-25-19)16-3-1-2-11-21-16/h1-7,11,13H,8-10,12H2,(H,22,24). The summed E-state index contributed by atoms with van der Waals surface area (Å²) in [7, 11) is 0. The molecule has 1 N–H and O–H groups in total. The van der Waals surface area contributed by atoms with Crippen molar-refractivity contribution in [2.45, 2.75) is 19.3 Å². The zero-order valence-electron chi connectivity index (χ0n) is 13.6. The lowest BCUT2D eigenvalue weighted by Gasteiger charge is -2.04. The Morgan fingerprint density at radius 1 is 1.08 bits per heavy atom. The summed E-state index contributed by atoms with van der Waals surface area (Å²) in [4.78, 5) is 20.7. The summed E-state index contributed by atoms with van der Waals surface area (Å²) in [6.07, 6.45) is 3.44. The molecule has 0 saturated carbocycles. The number of carbonyl (C=O) groups is 1. The number of benzene rings is 1. The number of aromatic nitrogens is 2. The Bertz CT molecular complexity index is 818. The van der Waals surface area contributed by atoms with Gasteiger partial charge < -0.3 is 5.32 Å². The quantitative estimate of drug-likeness (QED) is 0.704. The summed E-state index contributed by atoms with van der Waals surface area (Å²) in [5.74, 6) is -0.252. The number of halogens is 1. The Labute approximate surface area is 149 Å². The van der Waals surface area contributed by atoms with Crippen LogP contribution in [0.5, 0.6) is 0 Å². The molecular weight excluding hydrogens is 337 g/mol. The molecule has 0 atom stereocenters. The number of hydrogen-bond donors (Lipinski definition) is 1. The van der Waals surface area contributed by atoms with Crippen LogP contribution in [0.4, 0.5) is 4.39 Å². The number of aryl methyl sites for hydroxylation is 1. The van der Waals surface area contributed by atoms with Crippen LogP contribution < -0.4 is 5.32 Å². The maximum atomic E-state index is 12.8. The third-order valence-electron chi connectivity index (χ3n) is 3.69. The van der Waals surface area contributed by atoms with E-state index in [0.29, 0.717) is 25.8 Å². The first-order valence-electron chi connectivity index (χ1n) is 8.07. The lowest BCUT2D eigenvalue weighted by atomic mass is 10.1. The summed E-state index contributed by atoms with van der Waals surface area (Å²) < 4.78 is 12.8. The molecule has 3 aromatic rings. The van der Waals surface area contributed by atoms with Gasteiger partial charge in [-0.05, 0) is 36.2 Å². The molecule has 128 valence electrons. The fourth-order valence-electron chi connectivity index (χ4n) is 2.36. The van der Waals surface area contributed by atoms with Gasteiger partial charge in [0.05, 0.1) is 16.4 Å². The van der Waals surface area contributed by atoms with E-state index in [1.54, 1.807) is 29.7 Å². The molecule has 0 saturated heterocycles. The minimum atomic E-state index is -0.249. The predicted octanol–water partition coefficient (Wildman–Crippen LogP) is 3.64. The van der Waals surface area contributed by atoms with E-state index in [9.17, 15) is 9.18 Å². The molecule has 25 heavy (non-hydrogen) atoms. The van der Waals surface area contributed by atoms with Gasteiger partial charge in [-0.15, -0.1) is 11.3 Å². The first kappa shape index (κ1) is 17.2. The van der Waals surface area contributed by atoms with Gasteiger partial charge in [-0.3, -0.25) is 9.78 Å². The maximum absolute atomic E-state index is 12.8. The van der Waals surface area contributed by atoms with Gasteiger partial charge in [-0.25, -0.2) is 9.37 Å². The molecule has 3 rings (SSSR count). The highest BCUT2D eigenvalue weighted by molar-refractivity contribution is 7.09. The lowest BCUT2D eigenvalue weighted by molar-refractivity contribution is -0.121. The van der Waals surface area contributed by atoms with Gasteiger partial charge in [0.15, 0.2) is 0 Å². The van der Waals surface area contributed by atoms with Crippen molar-refractivity contribution in [2.24, 2.45) is 0 Å². The number of nitrogens with zero attached hydrogens (tertiary/aromatic N) is 2. The largest absolute Gasteiger partial charge is 0.356 e. The summed E-state index contributed by atoms with van der Waals surface area (Å²) in [6, 6.07) is 12.0. The fourth-order valence-corrected chi connectivity index (χ4v) is 3.16. The number of pyridine rings is 1. The monoisotopic (exact) mass is 355 g/mol. The summed E-state index contributed by atoms with van der Waals surface area (Å²) >= 11 is 1.54. The molecule has 1 amide bonds. The number of amides is 1. The summed E-state index contributed by atoms with van der Waals surface area (Å²) in [5.41, 5.74) is 2.69. The van der Waals surface area contributed by atoms with Crippen molar-refractivity contribution in [3.8, 4) is 11.4 Å². The first-order chi connectivity index (χ1) is 12.2. The minimum Gasteiger partial charge on any atom is -0.356 e. The summed E-state index contributed by atoms with van der Waals surface area (Å²) in [6.45, 7) is 0.543. The van der Waals surface area contributed by atoms with Crippen molar-refractivity contribution in [3.05, 3.63) is 70.4 Å². The molecular formula is C19H18FN3OS. The van der Waals surface area contributed by atoms with E-state index >= 15 is 0 Å². The molecule has 2 aromatic heterocycles. The highest BCUT2D eigenvalue weighted by atomic mass is 32.1. The van der Waals surface area contributed by atoms with E-state index in [0.717, 1.165) is 22.0 Å². The van der Waals surface area contributed by atoms with E-state index in [1.165, 1.54) is 12.1 Å². The second kappa shape index (κ2) is 8.48. The number of thiazole rings is 1. The van der Waals surface area contributed by atoms with Crippen LogP contribution in [0.1, 0.15) is 17.0 Å². The van der Waals surface area contributed by atoms with E-state index in [-0.39, 0.29) is 11.7 Å². The molecule has 1 aromatic carbocycles. The molecule has 0 aliphatic rings. The van der Waals surface area contributed by atoms with Crippen LogP contribution in [0.3, 0.4) is 0 Å². The van der Waals surface area contributed by atoms with Crippen molar-refractivity contribution in [2.75, 3.05) is 6.54 Å². The van der Waals surface area contributed by atoms with Crippen LogP contribution in [-0.2, 0) is 17.6 Å². The van der Waals surface area contributed by atoms with E-state index in [4.69, 9.17) is 0 Å². The van der Waals surface area contributed by atoms with Crippen LogP contribution >= 0.6 is 11.3 Å². The van der Waals surface area contributed by atoms with Gasteiger partial charge in [-0.2, -0.15) is 0 Å². The molecule has 0 unspecified atom stereocenters. The first-order valence-corrected chi connectivity index (χ1v) is 8.95. The van der Waals surface area contributed by atoms with Crippen molar-refractivity contribution in [1.82, 2.24) is 15.3 Å². The Kier molecular flexibility index (Phi) is 5.85. The van der Waals surface area contributed by atoms with Crippen molar-refractivity contribution in [3.63, 3.8) is 0 Å². The normalized spacial score (nSPS) is 10.6. The average Bonchev–Trinajstić information content (AvgIpc) is 3.11. The molecule has 0 fully saturated rings. The molecule has 0 aliphatic carbocycles. The Morgan fingerprint density at radius 3 is 2.68 bits per heavy atom. The van der Waals surface area contributed by atoms with Gasteiger partial charge in [0.1, 0.15) is 5.82 Å². The van der Waals surface area contributed by atoms with E-state index < -0.39 is 0 Å². The Balaban J connectivity index is 1.42. The van der Waals surface area contributed by atoms with Gasteiger partial charge in [-0.1, -0.05) is 18.2 Å². The molecule has 2 heterocycles. The average molecular weight is 355 g/mol. The highest BCUT2D eigenvalue weighted by Crippen LogP contribution is 2.20. The number of carbonyl (C=O) groups excluding carboxylic acids is 1. The van der Waals surface area contributed by atoms with Crippen LogP contribution in [0, 0.1) is 5.82 Å². The van der Waals surface area contributed by atoms with Crippen LogP contribution in [-0.4, -0.2) is 22.4 Å². The number of nitrogens with one attached hydrogen (secondary N) is 1. The number of hydrogen-bond acceptors (Lipinski definition) is 4. The van der Waals surface area contributed by atoms with Gasteiger partial charge >= 0.3 is 0 Å². The van der Waals surface area contributed by atoms with Crippen molar-refractivity contribution >= 4 is 17.2 Å². The number of rotatable bonds is 7. The van der Waals surface area contributed by atoms with Crippen molar-refractivity contribution < 1.29 is 9.18 Å². The minimum absolute atomic E-state index is 0.00306. The topological polar surface area (TPSA) is 54.9 Å². The highest BCUT2D eigenvalue weighted by Gasteiger charge is 2.08. The third-order valence-corrected chi connectivity index (χ3v) is 4.60. The molecule has 0 bridgehead atoms. The zero-order valence-corrected chi connectivity index (χ0v) is 14.4. The fraction of sp³-hybridized carbons (Fsp3) is 0.211. The second-order valence-electron chi connectivity index (χ2n) is 5.57. The molecule has 0 aliphatic heterocycles. The molecule has 0 spiro atoms. The third kappa shape index (κ3) is 5.19. The van der Waals surface area contributed by atoms with Gasteiger partial charge in [0.2, 0.25) is 5.91 Å². The smallest absolute Gasteiger partial charge is 0.220 e. The van der Waals surface area contributed by atoms with Crippen LogP contribution in [0.25, 0.3) is 11.4 Å². The second-order valence-corrected chi connectivity index (χ2v) is 6.51. The van der Waals surface area contributed by atoms with E-state index in [2.05, 4.69) is 15.3 Å². The maximum Gasteiger partial charge on any atom is 0.220 e. The molecule has 0 radical (unpaired) electrons. The van der Waals surface area contributed by atoms with Crippen molar-refractivity contribution in [1.29, 1.82) is 0 Å².